The number of carbonyl (C=O) groups excluding carboxylic acids is 1. The summed E-state index contributed by atoms with van der Waals surface area (Å²) in [6.45, 7) is 1.82. The first-order chi connectivity index (χ1) is 9.34. The average molecular weight is 260 g/mol. The fourth-order valence-electron chi connectivity index (χ4n) is 2.10. The van der Waals surface area contributed by atoms with Crippen molar-refractivity contribution in [3.05, 3.63) is 35.9 Å². The SMILES string of the molecule is O=C(CCCc1ccccc1)NCCCNC1CC1. The van der Waals surface area contributed by atoms with Crippen molar-refractivity contribution in [3.8, 4) is 0 Å². The van der Waals surface area contributed by atoms with Crippen LogP contribution in [0.1, 0.15) is 37.7 Å². The Labute approximate surface area is 115 Å². The maximum absolute atomic E-state index is 11.6. The van der Waals surface area contributed by atoms with Gasteiger partial charge in [-0.15, -0.1) is 0 Å². The van der Waals surface area contributed by atoms with Crippen LogP contribution in [0.3, 0.4) is 0 Å². The third-order valence-electron chi connectivity index (χ3n) is 3.40. The summed E-state index contributed by atoms with van der Waals surface area (Å²) in [6, 6.07) is 11.1. The molecule has 0 aromatic heterocycles. The molecule has 104 valence electrons. The molecule has 3 heteroatoms. The molecule has 0 atom stereocenters. The van der Waals surface area contributed by atoms with Crippen LogP contribution in [0.4, 0.5) is 0 Å². The van der Waals surface area contributed by atoms with E-state index in [9.17, 15) is 4.79 Å². The average Bonchev–Trinajstić information content (AvgIpc) is 3.24. The fourth-order valence-corrected chi connectivity index (χ4v) is 2.10. The molecule has 1 amide bonds. The van der Waals surface area contributed by atoms with Crippen LogP contribution in [0.15, 0.2) is 30.3 Å². The zero-order valence-corrected chi connectivity index (χ0v) is 11.5. The van der Waals surface area contributed by atoms with E-state index in [-0.39, 0.29) is 5.91 Å². The van der Waals surface area contributed by atoms with Gasteiger partial charge in [-0.25, -0.2) is 0 Å². The van der Waals surface area contributed by atoms with Gasteiger partial charge in [-0.3, -0.25) is 4.79 Å². The van der Waals surface area contributed by atoms with E-state index in [1.54, 1.807) is 0 Å². The van der Waals surface area contributed by atoms with Crippen molar-refractivity contribution >= 4 is 5.91 Å². The molecule has 1 fully saturated rings. The highest BCUT2D eigenvalue weighted by Gasteiger charge is 2.19. The Bertz CT molecular complexity index is 374. The molecule has 1 aliphatic carbocycles. The zero-order valence-electron chi connectivity index (χ0n) is 11.5. The van der Waals surface area contributed by atoms with Gasteiger partial charge in [-0.05, 0) is 44.2 Å². The zero-order chi connectivity index (χ0) is 13.3. The number of carbonyl (C=O) groups is 1. The van der Waals surface area contributed by atoms with E-state index < -0.39 is 0 Å². The first kappa shape index (κ1) is 14.1. The lowest BCUT2D eigenvalue weighted by Crippen LogP contribution is -2.27. The van der Waals surface area contributed by atoms with Gasteiger partial charge in [0.1, 0.15) is 0 Å². The van der Waals surface area contributed by atoms with E-state index in [4.69, 9.17) is 0 Å². The Balaban J connectivity index is 1.45. The van der Waals surface area contributed by atoms with E-state index in [0.717, 1.165) is 38.4 Å². The van der Waals surface area contributed by atoms with Crippen LogP contribution in [-0.2, 0) is 11.2 Å². The minimum absolute atomic E-state index is 0.183. The second-order valence-electron chi connectivity index (χ2n) is 5.27. The second-order valence-corrected chi connectivity index (χ2v) is 5.27. The maximum Gasteiger partial charge on any atom is 0.220 e. The van der Waals surface area contributed by atoms with Crippen molar-refractivity contribution in [1.29, 1.82) is 0 Å². The molecule has 1 aromatic carbocycles. The van der Waals surface area contributed by atoms with Crippen LogP contribution in [0.25, 0.3) is 0 Å². The molecule has 0 unspecified atom stereocenters. The van der Waals surface area contributed by atoms with Crippen LogP contribution < -0.4 is 10.6 Å². The first-order valence-electron chi connectivity index (χ1n) is 7.38. The Kier molecular flexibility index (Phi) is 5.89. The van der Waals surface area contributed by atoms with Crippen molar-refractivity contribution in [2.24, 2.45) is 0 Å². The number of aryl methyl sites for hydroxylation is 1. The lowest BCUT2D eigenvalue weighted by Gasteiger charge is -2.06. The molecule has 2 rings (SSSR count). The van der Waals surface area contributed by atoms with Crippen LogP contribution in [0.5, 0.6) is 0 Å². The van der Waals surface area contributed by atoms with E-state index in [2.05, 4.69) is 22.8 Å². The van der Waals surface area contributed by atoms with E-state index in [1.807, 2.05) is 18.2 Å². The Morgan fingerprint density at radius 1 is 1.11 bits per heavy atom. The number of amides is 1. The third kappa shape index (κ3) is 6.39. The molecule has 3 nitrogen and oxygen atoms in total. The van der Waals surface area contributed by atoms with Gasteiger partial charge in [-0.1, -0.05) is 30.3 Å². The summed E-state index contributed by atoms with van der Waals surface area (Å²) >= 11 is 0. The second kappa shape index (κ2) is 7.95. The van der Waals surface area contributed by atoms with E-state index in [0.29, 0.717) is 6.42 Å². The van der Waals surface area contributed by atoms with Crippen LogP contribution >= 0.6 is 0 Å². The molecule has 1 aliphatic rings. The highest BCUT2D eigenvalue weighted by molar-refractivity contribution is 5.75. The van der Waals surface area contributed by atoms with Gasteiger partial charge in [0.25, 0.3) is 0 Å². The molecule has 0 radical (unpaired) electrons. The largest absolute Gasteiger partial charge is 0.356 e. The van der Waals surface area contributed by atoms with Crippen molar-refractivity contribution in [3.63, 3.8) is 0 Å². The molecular weight excluding hydrogens is 236 g/mol. The quantitative estimate of drug-likeness (QED) is 0.669. The molecule has 1 saturated carbocycles. The summed E-state index contributed by atoms with van der Waals surface area (Å²) in [4.78, 5) is 11.6. The van der Waals surface area contributed by atoms with Crippen LogP contribution in [-0.4, -0.2) is 25.0 Å². The molecule has 0 heterocycles. The van der Waals surface area contributed by atoms with Crippen LogP contribution in [0, 0.1) is 0 Å². The number of benzene rings is 1. The van der Waals surface area contributed by atoms with Crippen LogP contribution in [0.2, 0.25) is 0 Å². The predicted octanol–water partition coefficient (Wildman–Crippen LogP) is 2.27. The summed E-state index contributed by atoms with van der Waals surface area (Å²) in [7, 11) is 0. The van der Waals surface area contributed by atoms with E-state index >= 15 is 0 Å². The smallest absolute Gasteiger partial charge is 0.220 e. The molecule has 0 saturated heterocycles. The third-order valence-corrected chi connectivity index (χ3v) is 3.40. The van der Waals surface area contributed by atoms with Gasteiger partial charge in [0.2, 0.25) is 5.91 Å². The molecular formula is C16H24N2O. The molecule has 19 heavy (non-hydrogen) atoms. The summed E-state index contributed by atoms with van der Waals surface area (Å²) in [5.41, 5.74) is 1.31. The maximum atomic E-state index is 11.6. The van der Waals surface area contributed by atoms with Gasteiger partial charge in [0.05, 0.1) is 0 Å². The van der Waals surface area contributed by atoms with Gasteiger partial charge in [-0.2, -0.15) is 0 Å². The fraction of sp³-hybridized carbons (Fsp3) is 0.562. The number of nitrogens with one attached hydrogen (secondary N) is 2. The summed E-state index contributed by atoms with van der Waals surface area (Å²) in [5, 5.41) is 6.43. The summed E-state index contributed by atoms with van der Waals surface area (Å²) < 4.78 is 0. The molecule has 2 N–H and O–H groups in total. The molecule has 0 bridgehead atoms. The highest BCUT2D eigenvalue weighted by Crippen LogP contribution is 2.18. The summed E-state index contributed by atoms with van der Waals surface area (Å²) in [6.07, 6.45) is 6.22. The van der Waals surface area contributed by atoms with Gasteiger partial charge in [0.15, 0.2) is 0 Å². The monoisotopic (exact) mass is 260 g/mol. The first-order valence-corrected chi connectivity index (χ1v) is 7.38. The Morgan fingerprint density at radius 3 is 2.63 bits per heavy atom. The Morgan fingerprint density at radius 2 is 1.89 bits per heavy atom. The predicted molar refractivity (Wildman–Crippen MR) is 78.0 cm³/mol. The highest BCUT2D eigenvalue weighted by atomic mass is 16.1. The van der Waals surface area contributed by atoms with E-state index in [1.165, 1.54) is 18.4 Å². The lowest BCUT2D eigenvalue weighted by molar-refractivity contribution is -0.121. The standard InChI is InChI=1S/C16H24N2O/c19-16(18-13-5-12-17-15-10-11-15)9-4-8-14-6-2-1-3-7-14/h1-3,6-7,15,17H,4-5,8-13H2,(H,18,19). The van der Waals surface area contributed by atoms with Crippen molar-refractivity contribution in [2.45, 2.75) is 44.6 Å². The Hall–Kier alpha value is -1.35. The van der Waals surface area contributed by atoms with Crippen molar-refractivity contribution in [1.82, 2.24) is 10.6 Å². The molecule has 0 spiro atoms. The van der Waals surface area contributed by atoms with Gasteiger partial charge < -0.3 is 10.6 Å². The number of rotatable bonds is 9. The molecule has 1 aromatic rings. The lowest BCUT2D eigenvalue weighted by atomic mass is 10.1. The van der Waals surface area contributed by atoms with Crippen molar-refractivity contribution in [2.75, 3.05) is 13.1 Å². The summed E-state index contributed by atoms with van der Waals surface area (Å²) in [5.74, 6) is 0.183. The van der Waals surface area contributed by atoms with Gasteiger partial charge >= 0.3 is 0 Å². The minimum Gasteiger partial charge on any atom is -0.356 e. The van der Waals surface area contributed by atoms with Gasteiger partial charge in [0, 0.05) is 19.0 Å². The minimum atomic E-state index is 0.183. The normalized spacial score (nSPS) is 14.3. The number of hydrogen-bond acceptors (Lipinski definition) is 2. The number of hydrogen-bond donors (Lipinski definition) is 2. The molecule has 0 aliphatic heterocycles. The topological polar surface area (TPSA) is 41.1 Å². The van der Waals surface area contributed by atoms with Crippen molar-refractivity contribution < 1.29 is 4.79 Å².